The van der Waals surface area contributed by atoms with E-state index < -0.39 is 4.92 Å². The van der Waals surface area contributed by atoms with Gasteiger partial charge in [0.25, 0.3) is 0 Å². The molecular formula is C7H10N8O2. The highest BCUT2D eigenvalue weighted by Crippen LogP contribution is 2.24. The summed E-state index contributed by atoms with van der Waals surface area (Å²) in [6, 6.07) is -0.317. The highest BCUT2D eigenvalue weighted by Gasteiger charge is 2.22. The van der Waals surface area contributed by atoms with Gasteiger partial charge in [-0.3, -0.25) is 4.57 Å². The molecule has 17 heavy (non-hydrogen) atoms. The molecule has 0 saturated carbocycles. The first-order valence-electron chi connectivity index (χ1n) is 4.75. The number of imidazole rings is 1. The SMILES string of the molecule is CC(Nc1c([N+](=O)[O-])ncn1C)c1nn[nH]n1. The molecule has 10 heteroatoms. The monoisotopic (exact) mass is 238 g/mol. The molecule has 0 aromatic carbocycles. The zero-order valence-corrected chi connectivity index (χ0v) is 9.15. The molecule has 2 rings (SSSR count). The molecule has 2 aromatic heterocycles. The van der Waals surface area contributed by atoms with E-state index >= 15 is 0 Å². The Morgan fingerprint density at radius 1 is 1.65 bits per heavy atom. The standard InChI is InChI=1S/C7H10N8O2/c1-4(5-10-12-13-11-5)9-7-6(15(16)17)8-3-14(7)2/h3-4,9H,1-2H3,(H,10,11,12,13). The van der Waals surface area contributed by atoms with Crippen LogP contribution in [0, 0.1) is 10.1 Å². The zero-order chi connectivity index (χ0) is 12.4. The molecule has 0 radical (unpaired) electrons. The third-order valence-electron chi connectivity index (χ3n) is 2.19. The van der Waals surface area contributed by atoms with Crippen LogP contribution in [-0.4, -0.2) is 35.1 Å². The van der Waals surface area contributed by atoms with Gasteiger partial charge in [0.1, 0.15) is 0 Å². The van der Waals surface area contributed by atoms with Gasteiger partial charge in [-0.1, -0.05) is 5.21 Å². The van der Waals surface area contributed by atoms with Gasteiger partial charge in [0, 0.05) is 7.05 Å². The molecule has 2 heterocycles. The average Bonchev–Trinajstić information content (AvgIpc) is 2.89. The van der Waals surface area contributed by atoms with Crippen LogP contribution in [0.3, 0.4) is 0 Å². The van der Waals surface area contributed by atoms with Crippen LogP contribution in [0.1, 0.15) is 18.8 Å². The summed E-state index contributed by atoms with van der Waals surface area (Å²) in [5, 5.41) is 27.0. The number of nitrogens with zero attached hydrogens (tertiary/aromatic N) is 6. The van der Waals surface area contributed by atoms with Gasteiger partial charge < -0.3 is 15.4 Å². The van der Waals surface area contributed by atoms with Crippen molar-refractivity contribution in [3.63, 3.8) is 0 Å². The average molecular weight is 238 g/mol. The minimum absolute atomic E-state index is 0.233. The number of tetrazole rings is 1. The van der Waals surface area contributed by atoms with Crippen LogP contribution in [0.5, 0.6) is 0 Å². The summed E-state index contributed by atoms with van der Waals surface area (Å²) in [5.41, 5.74) is 0. The van der Waals surface area contributed by atoms with Crippen LogP contribution >= 0.6 is 0 Å². The van der Waals surface area contributed by atoms with Crippen molar-refractivity contribution in [2.75, 3.05) is 5.32 Å². The molecule has 0 aliphatic heterocycles. The second kappa shape index (κ2) is 4.15. The molecule has 0 amide bonds. The second-order valence-corrected chi connectivity index (χ2v) is 3.42. The fourth-order valence-corrected chi connectivity index (χ4v) is 1.34. The minimum atomic E-state index is -0.550. The van der Waals surface area contributed by atoms with E-state index in [1.807, 2.05) is 0 Å². The number of aromatic nitrogens is 6. The highest BCUT2D eigenvalue weighted by molar-refractivity contribution is 5.52. The van der Waals surface area contributed by atoms with Gasteiger partial charge in [-0.15, -0.1) is 10.2 Å². The second-order valence-electron chi connectivity index (χ2n) is 3.42. The van der Waals surface area contributed by atoms with Crippen LogP contribution in [0.4, 0.5) is 11.6 Å². The van der Waals surface area contributed by atoms with E-state index in [-0.39, 0.29) is 11.9 Å². The van der Waals surface area contributed by atoms with E-state index in [0.717, 1.165) is 0 Å². The summed E-state index contributed by atoms with van der Waals surface area (Å²) >= 11 is 0. The topological polar surface area (TPSA) is 127 Å². The lowest BCUT2D eigenvalue weighted by Gasteiger charge is -2.10. The van der Waals surface area contributed by atoms with E-state index in [1.54, 1.807) is 14.0 Å². The Morgan fingerprint density at radius 2 is 2.41 bits per heavy atom. The van der Waals surface area contributed by atoms with Crippen molar-refractivity contribution >= 4 is 11.6 Å². The van der Waals surface area contributed by atoms with Gasteiger partial charge >= 0.3 is 5.82 Å². The lowest BCUT2D eigenvalue weighted by molar-refractivity contribution is -0.388. The van der Waals surface area contributed by atoms with Crippen molar-refractivity contribution < 1.29 is 4.92 Å². The summed E-state index contributed by atoms with van der Waals surface area (Å²) < 4.78 is 1.52. The third-order valence-corrected chi connectivity index (χ3v) is 2.19. The number of hydrogen-bond donors (Lipinski definition) is 2. The summed E-state index contributed by atoms with van der Waals surface area (Å²) in [6.45, 7) is 1.77. The van der Waals surface area contributed by atoms with Crippen LogP contribution < -0.4 is 5.32 Å². The predicted molar refractivity (Wildman–Crippen MR) is 56.1 cm³/mol. The molecular weight excluding hydrogens is 228 g/mol. The first-order valence-corrected chi connectivity index (χ1v) is 4.75. The number of rotatable bonds is 4. The Morgan fingerprint density at radius 3 is 3.00 bits per heavy atom. The minimum Gasteiger partial charge on any atom is -0.358 e. The Bertz CT molecular complexity index is 518. The predicted octanol–water partition coefficient (Wildman–Crippen LogP) is 0.0145. The largest absolute Gasteiger partial charge is 0.406 e. The molecule has 0 fully saturated rings. The van der Waals surface area contributed by atoms with E-state index in [2.05, 4.69) is 30.9 Å². The highest BCUT2D eigenvalue weighted by atomic mass is 16.6. The lowest BCUT2D eigenvalue weighted by atomic mass is 10.3. The van der Waals surface area contributed by atoms with Crippen molar-refractivity contribution in [2.24, 2.45) is 7.05 Å². The van der Waals surface area contributed by atoms with E-state index in [0.29, 0.717) is 11.6 Å². The summed E-state index contributed by atoms with van der Waals surface area (Å²) in [5.74, 6) is 0.482. The van der Waals surface area contributed by atoms with Gasteiger partial charge in [-0.25, -0.2) is 0 Å². The lowest BCUT2D eigenvalue weighted by Crippen LogP contribution is -2.12. The van der Waals surface area contributed by atoms with Gasteiger partial charge in [0.2, 0.25) is 12.1 Å². The van der Waals surface area contributed by atoms with E-state index in [4.69, 9.17) is 0 Å². The van der Waals surface area contributed by atoms with Gasteiger partial charge in [0.05, 0.1) is 6.04 Å². The Hall–Kier alpha value is -2.52. The van der Waals surface area contributed by atoms with Crippen molar-refractivity contribution in [3.8, 4) is 0 Å². The molecule has 0 aliphatic rings. The number of aromatic amines is 1. The number of anilines is 1. The number of nitro groups is 1. The third kappa shape index (κ3) is 2.04. The summed E-state index contributed by atoms with van der Waals surface area (Å²) in [7, 11) is 1.66. The van der Waals surface area contributed by atoms with Crippen LogP contribution in [0.2, 0.25) is 0 Å². The molecule has 90 valence electrons. The van der Waals surface area contributed by atoms with Crippen molar-refractivity contribution in [1.29, 1.82) is 0 Å². The zero-order valence-electron chi connectivity index (χ0n) is 9.15. The Kier molecular flexibility index (Phi) is 2.68. The molecule has 2 N–H and O–H groups in total. The van der Waals surface area contributed by atoms with Crippen molar-refractivity contribution in [3.05, 3.63) is 22.3 Å². The van der Waals surface area contributed by atoms with Crippen molar-refractivity contribution in [2.45, 2.75) is 13.0 Å². The van der Waals surface area contributed by atoms with E-state index in [1.165, 1.54) is 10.9 Å². The Labute approximate surface area is 95.2 Å². The molecule has 0 spiro atoms. The number of hydrogen-bond acceptors (Lipinski definition) is 7. The normalized spacial score (nSPS) is 12.4. The first kappa shape index (κ1) is 11.0. The van der Waals surface area contributed by atoms with Gasteiger partial charge in [0.15, 0.2) is 5.82 Å². The molecule has 2 aromatic rings. The fraction of sp³-hybridized carbons (Fsp3) is 0.429. The Balaban J connectivity index is 2.24. The van der Waals surface area contributed by atoms with Crippen molar-refractivity contribution in [1.82, 2.24) is 30.2 Å². The molecule has 0 saturated heterocycles. The smallest absolute Gasteiger partial charge is 0.358 e. The summed E-state index contributed by atoms with van der Waals surface area (Å²) in [4.78, 5) is 13.9. The fourth-order valence-electron chi connectivity index (χ4n) is 1.34. The molecule has 10 nitrogen and oxygen atoms in total. The molecule has 0 bridgehead atoms. The molecule has 0 aliphatic carbocycles. The van der Waals surface area contributed by atoms with Crippen LogP contribution in [0.25, 0.3) is 0 Å². The number of aryl methyl sites for hydroxylation is 1. The first-order chi connectivity index (χ1) is 8.09. The van der Waals surface area contributed by atoms with Gasteiger partial charge in [-0.05, 0) is 16.8 Å². The quantitative estimate of drug-likeness (QED) is 0.567. The van der Waals surface area contributed by atoms with Gasteiger partial charge in [-0.2, -0.15) is 5.21 Å². The summed E-state index contributed by atoms with van der Waals surface area (Å²) in [6.07, 6.45) is 1.36. The van der Waals surface area contributed by atoms with E-state index in [9.17, 15) is 10.1 Å². The number of nitrogens with one attached hydrogen (secondary N) is 2. The van der Waals surface area contributed by atoms with Crippen LogP contribution in [0.15, 0.2) is 6.33 Å². The molecule has 1 unspecified atom stereocenters. The maximum Gasteiger partial charge on any atom is 0.406 e. The number of H-pyrrole nitrogens is 1. The maximum atomic E-state index is 10.7. The molecule has 1 atom stereocenters. The maximum absolute atomic E-state index is 10.7. The van der Waals surface area contributed by atoms with Crippen LogP contribution in [-0.2, 0) is 7.05 Å².